The molecule has 0 aliphatic carbocycles. The van der Waals surface area contributed by atoms with Crippen LogP contribution in [0.2, 0.25) is 0 Å². The third-order valence-electron chi connectivity index (χ3n) is 2.76. The molecule has 0 bridgehead atoms. The zero-order valence-electron chi connectivity index (χ0n) is 12.8. The maximum atomic E-state index is 12.3. The Bertz CT molecular complexity index is 597. The minimum Gasteiger partial charge on any atom is -0.492 e. The standard InChI is InChI=1S/C14H22N2O4S/c1-5-7-14(17)15-11-8-9-12(20-6-2)13(10-11)21(18,19)16(3)4/h8-10H,5-7H2,1-4H3,(H,15,17). The van der Waals surface area contributed by atoms with Gasteiger partial charge in [0.2, 0.25) is 15.9 Å². The SMILES string of the molecule is CCCC(=O)Nc1ccc(OCC)c(S(=O)(=O)N(C)C)c1. The van der Waals surface area contributed by atoms with Crippen molar-refractivity contribution in [3.8, 4) is 5.75 Å². The van der Waals surface area contributed by atoms with Gasteiger partial charge in [0.1, 0.15) is 10.6 Å². The second-order valence-electron chi connectivity index (χ2n) is 4.68. The van der Waals surface area contributed by atoms with Gasteiger partial charge in [-0.1, -0.05) is 6.92 Å². The molecule has 0 aliphatic heterocycles. The molecule has 0 fully saturated rings. The maximum absolute atomic E-state index is 12.3. The van der Waals surface area contributed by atoms with Crippen LogP contribution in [-0.4, -0.2) is 39.3 Å². The average Bonchev–Trinajstić information content (AvgIpc) is 2.40. The van der Waals surface area contributed by atoms with Crippen molar-refractivity contribution in [1.82, 2.24) is 4.31 Å². The van der Waals surface area contributed by atoms with Gasteiger partial charge in [0.25, 0.3) is 0 Å². The second kappa shape index (κ2) is 7.42. The molecule has 0 atom stereocenters. The number of hydrogen-bond donors (Lipinski definition) is 1. The van der Waals surface area contributed by atoms with Crippen LogP contribution in [0.3, 0.4) is 0 Å². The first kappa shape index (κ1) is 17.5. The highest BCUT2D eigenvalue weighted by Crippen LogP contribution is 2.29. The minimum absolute atomic E-state index is 0.0450. The highest BCUT2D eigenvalue weighted by molar-refractivity contribution is 7.89. The van der Waals surface area contributed by atoms with Gasteiger partial charge in [-0.15, -0.1) is 0 Å². The predicted octanol–water partition coefficient (Wildman–Crippen LogP) is 2.07. The molecule has 118 valence electrons. The van der Waals surface area contributed by atoms with E-state index in [4.69, 9.17) is 4.74 Å². The maximum Gasteiger partial charge on any atom is 0.246 e. The Morgan fingerprint density at radius 2 is 1.95 bits per heavy atom. The van der Waals surface area contributed by atoms with E-state index in [9.17, 15) is 13.2 Å². The first-order valence-corrected chi connectivity index (χ1v) is 8.26. The summed E-state index contributed by atoms with van der Waals surface area (Å²) in [5.41, 5.74) is 0.442. The molecule has 0 aliphatic rings. The third kappa shape index (κ3) is 4.44. The van der Waals surface area contributed by atoms with E-state index in [1.54, 1.807) is 19.1 Å². The molecule has 6 nitrogen and oxygen atoms in total. The van der Waals surface area contributed by atoms with Crippen LogP contribution in [0, 0.1) is 0 Å². The van der Waals surface area contributed by atoms with Crippen molar-refractivity contribution in [1.29, 1.82) is 0 Å². The monoisotopic (exact) mass is 314 g/mol. The summed E-state index contributed by atoms with van der Waals surface area (Å²) in [5, 5.41) is 2.69. The third-order valence-corrected chi connectivity index (χ3v) is 4.60. The van der Waals surface area contributed by atoms with E-state index in [0.29, 0.717) is 18.7 Å². The normalized spacial score (nSPS) is 11.5. The summed E-state index contributed by atoms with van der Waals surface area (Å²) in [6.07, 6.45) is 1.12. The van der Waals surface area contributed by atoms with Crippen LogP contribution in [0.1, 0.15) is 26.7 Å². The van der Waals surface area contributed by atoms with Gasteiger partial charge in [-0.25, -0.2) is 12.7 Å². The van der Waals surface area contributed by atoms with Crippen molar-refractivity contribution in [3.63, 3.8) is 0 Å². The number of carbonyl (C=O) groups excluding carboxylic acids is 1. The summed E-state index contributed by atoms with van der Waals surface area (Å²) in [4.78, 5) is 11.7. The number of rotatable bonds is 7. The zero-order chi connectivity index (χ0) is 16.0. The lowest BCUT2D eigenvalue weighted by Gasteiger charge is -2.16. The lowest BCUT2D eigenvalue weighted by Crippen LogP contribution is -2.23. The van der Waals surface area contributed by atoms with Crippen molar-refractivity contribution in [2.45, 2.75) is 31.6 Å². The van der Waals surface area contributed by atoms with Crippen LogP contribution in [0.15, 0.2) is 23.1 Å². The van der Waals surface area contributed by atoms with Crippen LogP contribution >= 0.6 is 0 Å². The number of anilines is 1. The number of benzene rings is 1. The second-order valence-corrected chi connectivity index (χ2v) is 6.80. The fourth-order valence-electron chi connectivity index (χ4n) is 1.71. The summed E-state index contributed by atoms with van der Waals surface area (Å²) in [6, 6.07) is 4.61. The number of hydrogen-bond acceptors (Lipinski definition) is 4. The van der Waals surface area contributed by atoms with Gasteiger partial charge in [-0.05, 0) is 31.5 Å². The molecule has 7 heteroatoms. The summed E-state index contributed by atoms with van der Waals surface area (Å²) < 4.78 is 31.1. The van der Waals surface area contributed by atoms with Crippen molar-refractivity contribution in [2.24, 2.45) is 0 Å². The Morgan fingerprint density at radius 1 is 1.29 bits per heavy atom. The van der Waals surface area contributed by atoms with E-state index in [2.05, 4.69) is 5.32 Å². The van der Waals surface area contributed by atoms with Crippen LogP contribution in [0.25, 0.3) is 0 Å². The first-order chi connectivity index (χ1) is 9.82. The molecule has 0 radical (unpaired) electrons. The fourth-order valence-corrected chi connectivity index (χ4v) is 2.76. The zero-order valence-corrected chi connectivity index (χ0v) is 13.7. The quantitative estimate of drug-likeness (QED) is 0.836. The number of carbonyl (C=O) groups is 1. The van der Waals surface area contributed by atoms with E-state index < -0.39 is 10.0 Å². The number of ether oxygens (including phenoxy) is 1. The molecule has 0 unspecified atom stereocenters. The van der Waals surface area contributed by atoms with Gasteiger partial charge in [-0.2, -0.15) is 0 Å². The van der Waals surface area contributed by atoms with Crippen LogP contribution < -0.4 is 10.1 Å². The van der Waals surface area contributed by atoms with Gasteiger partial charge < -0.3 is 10.1 Å². The van der Waals surface area contributed by atoms with Crippen LogP contribution in [0.5, 0.6) is 5.75 Å². The van der Waals surface area contributed by atoms with Crippen LogP contribution in [0.4, 0.5) is 5.69 Å². The Kier molecular flexibility index (Phi) is 6.17. The first-order valence-electron chi connectivity index (χ1n) is 6.82. The number of sulfonamides is 1. The molecule has 21 heavy (non-hydrogen) atoms. The lowest BCUT2D eigenvalue weighted by atomic mass is 10.2. The van der Waals surface area contributed by atoms with Gasteiger partial charge >= 0.3 is 0 Å². The molecule has 0 aromatic heterocycles. The molecular formula is C14H22N2O4S. The van der Waals surface area contributed by atoms with Gasteiger partial charge in [0, 0.05) is 26.2 Å². The summed E-state index contributed by atoms with van der Waals surface area (Å²) in [7, 11) is -0.740. The van der Waals surface area contributed by atoms with E-state index in [0.717, 1.165) is 10.7 Å². The molecule has 0 saturated carbocycles. The molecule has 1 N–H and O–H groups in total. The van der Waals surface area contributed by atoms with Crippen LogP contribution in [-0.2, 0) is 14.8 Å². The smallest absolute Gasteiger partial charge is 0.246 e. The lowest BCUT2D eigenvalue weighted by molar-refractivity contribution is -0.116. The van der Waals surface area contributed by atoms with Crippen molar-refractivity contribution >= 4 is 21.6 Å². The van der Waals surface area contributed by atoms with E-state index >= 15 is 0 Å². The minimum atomic E-state index is -3.64. The highest BCUT2D eigenvalue weighted by atomic mass is 32.2. The van der Waals surface area contributed by atoms with Gasteiger partial charge in [0.15, 0.2) is 0 Å². The van der Waals surface area contributed by atoms with Gasteiger partial charge in [0.05, 0.1) is 6.61 Å². The molecule has 1 amide bonds. The Hall–Kier alpha value is -1.60. The summed E-state index contributed by atoms with van der Waals surface area (Å²) >= 11 is 0. The number of amides is 1. The highest BCUT2D eigenvalue weighted by Gasteiger charge is 2.23. The molecule has 1 rings (SSSR count). The van der Waals surface area contributed by atoms with E-state index in [-0.39, 0.29) is 16.6 Å². The fraction of sp³-hybridized carbons (Fsp3) is 0.500. The number of nitrogens with one attached hydrogen (secondary N) is 1. The van der Waals surface area contributed by atoms with E-state index in [1.165, 1.54) is 20.2 Å². The number of nitrogens with zero attached hydrogens (tertiary/aromatic N) is 1. The molecule has 1 aromatic rings. The molecular weight excluding hydrogens is 292 g/mol. The Balaban J connectivity index is 3.21. The molecule has 0 saturated heterocycles. The largest absolute Gasteiger partial charge is 0.492 e. The van der Waals surface area contributed by atoms with Crippen molar-refractivity contribution in [3.05, 3.63) is 18.2 Å². The van der Waals surface area contributed by atoms with Gasteiger partial charge in [-0.3, -0.25) is 4.79 Å². The average molecular weight is 314 g/mol. The Morgan fingerprint density at radius 3 is 2.48 bits per heavy atom. The topological polar surface area (TPSA) is 75.7 Å². The summed E-state index contributed by atoms with van der Waals surface area (Å²) in [5.74, 6) is 0.134. The van der Waals surface area contributed by atoms with Crippen molar-refractivity contribution in [2.75, 3.05) is 26.0 Å². The van der Waals surface area contributed by atoms with Crippen molar-refractivity contribution < 1.29 is 17.9 Å². The summed E-state index contributed by atoms with van der Waals surface area (Å²) in [6.45, 7) is 4.04. The molecule has 0 heterocycles. The van der Waals surface area contributed by atoms with E-state index in [1.807, 2.05) is 6.92 Å². The molecule has 0 spiro atoms. The predicted molar refractivity (Wildman–Crippen MR) is 82.0 cm³/mol. The molecule has 1 aromatic carbocycles. The Labute approximate surface area is 126 Å².